The molecule has 1 unspecified atom stereocenters. The van der Waals surface area contributed by atoms with Crippen LogP contribution in [0.5, 0.6) is 0 Å². The maximum atomic E-state index is 11.8. The van der Waals surface area contributed by atoms with Gasteiger partial charge in [0.25, 0.3) is 0 Å². The average Bonchev–Trinajstić information content (AvgIpc) is 2.98. The fourth-order valence-electron chi connectivity index (χ4n) is 2.05. The van der Waals surface area contributed by atoms with Crippen molar-refractivity contribution in [1.29, 1.82) is 0 Å². The summed E-state index contributed by atoms with van der Waals surface area (Å²) in [5.41, 5.74) is 5.70. The van der Waals surface area contributed by atoms with Gasteiger partial charge in [0.15, 0.2) is 0 Å². The van der Waals surface area contributed by atoms with E-state index in [-0.39, 0.29) is 0 Å². The summed E-state index contributed by atoms with van der Waals surface area (Å²) in [4.78, 5) is 13.7. The number of carbonyl (C=O) groups excluding carboxylic acids is 1. The number of hydrogen-bond acceptors (Lipinski definition) is 2. The number of hydrogen-bond donors (Lipinski definition) is 1. The summed E-state index contributed by atoms with van der Waals surface area (Å²) in [7, 11) is 1.92. The molecule has 2 rings (SSSR count). The van der Waals surface area contributed by atoms with Crippen molar-refractivity contribution in [2.24, 2.45) is 17.6 Å². The van der Waals surface area contributed by atoms with E-state index in [9.17, 15) is 4.79 Å². The summed E-state index contributed by atoms with van der Waals surface area (Å²) in [5, 5.41) is 0. The van der Waals surface area contributed by atoms with Crippen LogP contribution >= 0.6 is 0 Å². The molecular formula is C11H20N2O. The number of likely N-dealkylation sites (N-methyl/N-ethyl adjacent to an activating group) is 1. The molecule has 2 fully saturated rings. The van der Waals surface area contributed by atoms with Crippen molar-refractivity contribution in [3.63, 3.8) is 0 Å². The van der Waals surface area contributed by atoms with Gasteiger partial charge in [0.1, 0.15) is 0 Å². The molecule has 14 heavy (non-hydrogen) atoms. The predicted octanol–water partition coefficient (Wildman–Crippen LogP) is 0.982. The van der Waals surface area contributed by atoms with E-state index < -0.39 is 0 Å². The van der Waals surface area contributed by atoms with Crippen LogP contribution in [0, 0.1) is 11.8 Å². The summed E-state index contributed by atoms with van der Waals surface area (Å²) in [5.74, 6) is 1.67. The highest BCUT2D eigenvalue weighted by Gasteiger charge is 2.36. The van der Waals surface area contributed by atoms with Gasteiger partial charge >= 0.3 is 0 Å². The molecule has 0 aromatic carbocycles. The van der Waals surface area contributed by atoms with Gasteiger partial charge in [-0.15, -0.1) is 0 Å². The molecule has 3 nitrogen and oxygen atoms in total. The Bertz CT molecular complexity index is 221. The monoisotopic (exact) mass is 196 g/mol. The Kier molecular flexibility index (Phi) is 2.77. The van der Waals surface area contributed by atoms with Gasteiger partial charge in [-0.25, -0.2) is 0 Å². The van der Waals surface area contributed by atoms with Gasteiger partial charge in [-0.05, 0) is 37.5 Å². The van der Waals surface area contributed by atoms with E-state index in [1.165, 1.54) is 25.7 Å². The number of amides is 1. The first-order valence-corrected chi connectivity index (χ1v) is 5.68. The van der Waals surface area contributed by atoms with E-state index in [4.69, 9.17) is 5.73 Å². The Morgan fingerprint density at radius 1 is 1.43 bits per heavy atom. The zero-order valence-electron chi connectivity index (χ0n) is 8.91. The summed E-state index contributed by atoms with van der Waals surface area (Å²) in [6, 6.07) is 0.307. The molecule has 0 spiro atoms. The molecule has 2 saturated carbocycles. The van der Waals surface area contributed by atoms with Crippen LogP contribution in [-0.2, 0) is 4.79 Å². The fraction of sp³-hybridized carbons (Fsp3) is 0.909. The smallest absolute Gasteiger partial charge is 0.222 e. The Balaban J connectivity index is 1.83. The summed E-state index contributed by atoms with van der Waals surface area (Å²) in [6.07, 6.45) is 5.75. The van der Waals surface area contributed by atoms with Crippen molar-refractivity contribution in [2.75, 3.05) is 13.6 Å². The van der Waals surface area contributed by atoms with Crippen LogP contribution < -0.4 is 5.73 Å². The minimum Gasteiger partial charge on any atom is -0.341 e. The van der Waals surface area contributed by atoms with E-state index >= 15 is 0 Å². The maximum Gasteiger partial charge on any atom is 0.222 e. The number of nitrogens with two attached hydrogens (primary N) is 1. The Morgan fingerprint density at radius 2 is 2.07 bits per heavy atom. The van der Waals surface area contributed by atoms with Crippen LogP contribution in [0.25, 0.3) is 0 Å². The quantitative estimate of drug-likeness (QED) is 0.712. The van der Waals surface area contributed by atoms with Gasteiger partial charge in [-0.1, -0.05) is 0 Å². The first-order valence-electron chi connectivity index (χ1n) is 5.68. The molecule has 0 aliphatic heterocycles. The van der Waals surface area contributed by atoms with Crippen molar-refractivity contribution >= 4 is 5.91 Å². The van der Waals surface area contributed by atoms with E-state index in [0.717, 1.165) is 6.42 Å². The summed E-state index contributed by atoms with van der Waals surface area (Å²) >= 11 is 0. The lowest BCUT2D eigenvalue weighted by Crippen LogP contribution is -2.43. The van der Waals surface area contributed by atoms with Gasteiger partial charge in [-0.2, -0.15) is 0 Å². The Morgan fingerprint density at radius 3 is 2.50 bits per heavy atom. The second-order valence-corrected chi connectivity index (χ2v) is 4.79. The normalized spacial score (nSPS) is 23.3. The van der Waals surface area contributed by atoms with E-state index in [2.05, 4.69) is 0 Å². The molecule has 2 aliphatic rings. The van der Waals surface area contributed by atoms with Crippen LogP contribution in [0.3, 0.4) is 0 Å². The van der Waals surface area contributed by atoms with Crippen LogP contribution in [0.2, 0.25) is 0 Å². The molecule has 0 aromatic rings. The van der Waals surface area contributed by atoms with Gasteiger partial charge in [0.2, 0.25) is 5.91 Å². The van der Waals surface area contributed by atoms with Crippen LogP contribution in [0.1, 0.15) is 32.1 Å². The lowest BCUT2D eigenvalue weighted by molar-refractivity contribution is -0.132. The highest BCUT2D eigenvalue weighted by molar-refractivity contribution is 5.76. The highest BCUT2D eigenvalue weighted by Crippen LogP contribution is 2.36. The van der Waals surface area contributed by atoms with Crippen molar-refractivity contribution in [3.05, 3.63) is 0 Å². The van der Waals surface area contributed by atoms with Crippen LogP contribution in [-0.4, -0.2) is 30.4 Å². The fourth-order valence-corrected chi connectivity index (χ4v) is 2.05. The Labute approximate surface area is 85.6 Å². The van der Waals surface area contributed by atoms with E-state index in [1.807, 2.05) is 11.9 Å². The lowest BCUT2D eigenvalue weighted by Gasteiger charge is -2.27. The third kappa shape index (κ3) is 2.27. The van der Waals surface area contributed by atoms with Crippen LogP contribution in [0.15, 0.2) is 0 Å². The van der Waals surface area contributed by atoms with Crippen molar-refractivity contribution < 1.29 is 4.79 Å². The minimum absolute atomic E-state index is 0.301. The third-order valence-electron chi connectivity index (χ3n) is 3.46. The molecule has 0 heterocycles. The molecule has 0 radical (unpaired) electrons. The number of rotatable bonds is 5. The van der Waals surface area contributed by atoms with Crippen LogP contribution in [0.4, 0.5) is 0 Å². The first kappa shape index (κ1) is 9.97. The zero-order valence-corrected chi connectivity index (χ0v) is 8.91. The molecule has 0 saturated heterocycles. The molecule has 3 heteroatoms. The zero-order chi connectivity index (χ0) is 10.1. The highest BCUT2D eigenvalue weighted by atomic mass is 16.2. The predicted molar refractivity (Wildman–Crippen MR) is 55.7 cm³/mol. The molecule has 2 aliphatic carbocycles. The maximum absolute atomic E-state index is 11.8. The van der Waals surface area contributed by atoms with Gasteiger partial charge in [0, 0.05) is 26.1 Å². The molecule has 2 N–H and O–H groups in total. The SMILES string of the molecule is CN(C(=O)CC1CC1)C(CN)C1CC1. The number of nitrogens with zero attached hydrogens (tertiary/aromatic N) is 1. The Hall–Kier alpha value is -0.570. The second kappa shape index (κ2) is 3.89. The largest absolute Gasteiger partial charge is 0.341 e. The molecule has 1 amide bonds. The minimum atomic E-state index is 0.301. The first-order chi connectivity index (χ1) is 6.72. The molecule has 0 aromatic heterocycles. The molecular weight excluding hydrogens is 176 g/mol. The van der Waals surface area contributed by atoms with Crippen molar-refractivity contribution in [1.82, 2.24) is 4.90 Å². The second-order valence-electron chi connectivity index (χ2n) is 4.79. The van der Waals surface area contributed by atoms with Gasteiger partial charge in [-0.3, -0.25) is 4.79 Å². The summed E-state index contributed by atoms with van der Waals surface area (Å²) < 4.78 is 0. The number of carbonyl (C=O) groups is 1. The molecule has 1 atom stereocenters. The molecule has 0 bridgehead atoms. The van der Waals surface area contributed by atoms with Crippen molar-refractivity contribution in [3.8, 4) is 0 Å². The average molecular weight is 196 g/mol. The topological polar surface area (TPSA) is 46.3 Å². The van der Waals surface area contributed by atoms with Gasteiger partial charge < -0.3 is 10.6 Å². The third-order valence-corrected chi connectivity index (χ3v) is 3.46. The van der Waals surface area contributed by atoms with E-state index in [1.54, 1.807) is 0 Å². The standard InChI is InChI=1S/C11H20N2O/c1-13(10(7-12)9-4-5-9)11(14)6-8-2-3-8/h8-10H,2-7,12H2,1H3. The lowest BCUT2D eigenvalue weighted by atomic mass is 10.1. The van der Waals surface area contributed by atoms with E-state index in [0.29, 0.717) is 30.3 Å². The molecule has 80 valence electrons. The van der Waals surface area contributed by atoms with Crippen molar-refractivity contribution in [2.45, 2.75) is 38.1 Å². The summed E-state index contributed by atoms with van der Waals surface area (Å²) in [6.45, 7) is 0.623. The van der Waals surface area contributed by atoms with Gasteiger partial charge in [0.05, 0.1) is 0 Å².